The zero-order valence-electron chi connectivity index (χ0n) is 11.4. The van der Waals surface area contributed by atoms with Crippen LogP contribution in [0.5, 0.6) is 0 Å². The highest BCUT2D eigenvalue weighted by atomic mass is 16.2. The average Bonchev–Trinajstić information content (AvgIpc) is 2.25. The molecule has 0 aromatic heterocycles. The fourth-order valence-corrected chi connectivity index (χ4v) is 1.86. The third kappa shape index (κ3) is 3.07. The molecule has 0 saturated carbocycles. The minimum Gasteiger partial charge on any atom is -0.349 e. The van der Waals surface area contributed by atoms with E-state index in [1.807, 2.05) is 6.07 Å². The van der Waals surface area contributed by atoms with E-state index in [1.54, 1.807) is 19.0 Å². The van der Waals surface area contributed by atoms with Crippen LogP contribution in [-0.2, 0) is 4.79 Å². The van der Waals surface area contributed by atoms with Crippen LogP contribution in [-0.4, -0.2) is 24.9 Å². The van der Waals surface area contributed by atoms with Crippen molar-refractivity contribution in [1.82, 2.24) is 4.90 Å². The van der Waals surface area contributed by atoms with Crippen molar-refractivity contribution in [3.05, 3.63) is 34.4 Å². The number of carbonyl (C=O) groups is 1. The minimum absolute atomic E-state index is 0.0649. The molecule has 0 aliphatic heterocycles. The van der Waals surface area contributed by atoms with Gasteiger partial charge in [-0.3, -0.25) is 4.79 Å². The molecule has 17 heavy (non-hydrogen) atoms. The van der Waals surface area contributed by atoms with Crippen molar-refractivity contribution < 1.29 is 4.79 Å². The molecule has 2 N–H and O–H groups in total. The Bertz CT molecular complexity index is 424. The number of hydrogen-bond acceptors (Lipinski definition) is 2. The van der Waals surface area contributed by atoms with Crippen molar-refractivity contribution in [1.29, 1.82) is 0 Å². The molecule has 3 nitrogen and oxygen atoms in total. The standard InChI is InChI=1S/C14H22N2O/c1-9-6-7-12(11(3)10(9)2)13(15)8-14(17)16(4)5/h6-7,13H,8,15H2,1-5H3. The molecule has 0 aliphatic carbocycles. The molecule has 0 heterocycles. The van der Waals surface area contributed by atoms with Crippen molar-refractivity contribution in [2.45, 2.75) is 33.2 Å². The number of amides is 1. The van der Waals surface area contributed by atoms with E-state index in [1.165, 1.54) is 16.7 Å². The summed E-state index contributed by atoms with van der Waals surface area (Å²) in [5.41, 5.74) is 10.9. The van der Waals surface area contributed by atoms with Gasteiger partial charge in [0.25, 0.3) is 0 Å². The molecule has 1 amide bonds. The molecule has 3 heteroatoms. The number of carbonyl (C=O) groups excluding carboxylic acids is 1. The number of nitrogens with zero attached hydrogens (tertiary/aromatic N) is 1. The maximum atomic E-state index is 11.6. The lowest BCUT2D eigenvalue weighted by Gasteiger charge is -2.19. The molecular weight excluding hydrogens is 212 g/mol. The Morgan fingerprint density at radius 1 is 1.24 bits per heavy atom. The summed E-state index contributed by atoms with van der Waals surface area (Å²) in [5, 5.41) is 0. The summed E-state index contributed by atoms with van der Waals surface area (Å²) in [5.74, 6) is 0.0649. The summed E-state index contributed by atoms with van der Waals surface area (Å²) < 4.78 is 0. The Kier molecular flexibility index (Phi) is 4.29. The third-order valence-corrected chi connectivity index (χ3v) is 3.39. The van der Waals surface area contributed by atoms with Gasteiger partial charge in [0.15, 0.2) is 0 Å². The molecule has 94 valence electrons. The lowest BCUT2D eigenvalue weighted by Crippen LogP contribution is -2.26. The van der Waals surface area contributed by atoms with E-state index >= 15 is 0 Å². The zero-order valence-corrected chi connectivity index (χ0v) is 11.4. The number of nitrogens with two attached hydrogens (primary N) is 1. The molecule has 1 aromatic rings. The van der Waals surface area contributed by atoms with Gasteiger partial charge in [-0.1, -0.05) is 12.1 Å². The maximum Gasteiger partial charge on any atom is 0.223 e. The van der Waals surface area contributed by atoms with Crippen molar-refractivity contribution in [3.8, 4) is 0 Å². The first kappa shape index (κ1) is 13.7. The fraction of sp³-hybridized carbons (Fsp3) is 0.500. The predicted octanol–water partition coefficient (Wildman–Crippen LogP) is 2.09. The summed E-state index contributed by atoms with van der Waals surface area (Å²) in [6, 6.07) is 3.88. The Labute approximate surface area is 104 Å². The van der Waals surface area contributed by atoms with Crippen LogP contribution in [0.25, 0.3) is 0 Å². The Balaban J connectivity index is 2.94. The van der Waals surface area contributed by atoms with Crippen molar-refractivity contribution in [3.63, 3.8) is 0 Å². The van der Waals surface area contributed by atoms with Gasteiger partial charge in [-0.2, -0.15) is 0 Å². The van der Waals surface area contributed by atoms with Crippen LogP contribution in [0.15, 0.2) is 12.1 Å². The van der Waals surface area contributed by atoms with E-state index in [0.717, 1.165) is 5.56 Å². The van der Waals surface area contributed by atoms with Crippen molar-refractivity contribution in [2.24, 2.45) is 5.73 Å². The normalized spacial score (nSPS) is 12.4. The van der Waals surface area contributed by atoms with E-state index in [2.05, 4.69) is 26.8 Å². The molecule has 0 aliphatic rings. The van der Waals surface area contributed by atoms with Crippen LogP contribution in [0.4, 0.5) is 0 Å². The SMILES string of the molecule is Cc1ccc(C(N)CC(=O)N(C)C)c(C)c1C. The van der Waals surface area contributed by atoms with Gasteiger partial charge in [0, 0.05) is 26.6 Å². The van der Waals surface area contributed by atoms with Gasteiger partial charge < -0.3 is 10.6 Å². The second-order valence-electron chi connectivity index (χ2n) is 4.82. The smallest absolute Gasteiger partial charge is 0.223 e. The van der Waals surface area contributed by atoms with Crippen LogP contribution in [0, 0.1) is 20.8 Å². The monoisotopic (exact) mass is 234 g/mol. The van der Waals surface area contributed by atoms with Crippen molar-refractivity contribution >= 4 is 5.91 Å². The first-order valence-corrected chi connectivity index (χ1v) is 5.87. The highest BCUT2D eigenvalue weighted by Gasteiger charge is 2.16. The zero-order chi connectivity index (χ0) is 13.2. The number of benzene rings is 1. The second-order valence-corrected chi connectivity index (χ2v) is 4.82. The van der Waals surface area contributed by atoms with Crippen LogP contribution in [0.2, 0.25) is 0 Å². The van der Waals surface area contributed by atoms with Gasteiger partial charge in [0.1, 0.15) is 0 Å². The first-order valence-electron chi connectivity index (χ1n) is 5.87. The Morgan fingerprint density at radius 3 is 2.35 bits per heavy atom. The van der Waals surface area contributed by atoms with Crippen LogP contribution in [0.1, 0.15) is 34.7 Å². The number of aryl methyl sites for hydroxylation is 1. The molecule has 0 bridgehead atoms. The molecule has 0 saturated heterocycles. The van der Waals surface area contributed by atoms with E-state index in [4.69, 9.17) is 5.73 Å². The fourth-order valence-electron chi connectivity index (χ4n) is 1.86. The summed E-state index contributed by atoms with van der Waals surface area (Å²) in [6.45, 7) is 6.24. The molecule has 0 radical (unpaired) electrons. The number of rotatable bonds is 3. The van der Waals surface area contributed by atoms with Gasteiger partial charge >= 0.3 is 0 Å². The molecule has 1 aromatic carbocycles. The van der Waals surface area contributed by atoms with E-state index in [-0.39, 0.29) is 11.9 Å². The topological polar surface area (TPSA) is 46.3 Å². The third-order valence-electron chi connectivity index (χ3n) is 3.39. The maximum absolute atomic E-state index is 11.6. The van der Waals surface area contributed by atoms with Crippen LogP contribution < -0.4 is 5.73 Å². The van der Waals surface area contributed by atoms with Gasteiger partial charge in [0.05, 0.1) is 0 Å². The van der Waals surface area contributed by atoms with E-state index < -0.39 is 0 Å². The van der Waals surface area contributed by atoms with E-state index in [9.17, 15) is 4.79 Å². The number of hydrogen-bond donors (Lipinski definition) is 1. The molecular formula is C14H22N2O. The van der Waals surface area contributed by atoms with Gasteiger partial charge in [-0.15, -0.1) is 0 Å². The van der Waals surface area contributed by atoms with Gasteiger partial charge in [-0.25, -0.2) is 0 Å². The Hall–Kier alpha value is -1.35. The molecule has 0 fully saturated rings. The van der Waals surface area contributed by atoms with Crippen molar-refractivity contribution in [2.75, 3.05) is 14.1 Å². The molecule has 0 spiro atoms. The lowest BCUT2D eigenvalue weighted by atomic mass is 9.93. The molecule has 1 unspecified atom stereocenters. The van der Waals surface area contributed by atoms with Crippen LogP contribution in [0.3, 0.4) is 0 Å². The summed E-state index contributed by atoms with van der Waals surface area (Å²) in [4.78, 5) is 13.2. The Morgan fingerprint density at radius 2 is 1.82 bits per heavy atom. The summed E-state index contributed by atoms with van der Waals surface area (Å²) in [6.07, 6.45) is 0.357. The lowest BCUT2D eigenvalue weighted by molar-refractivity contribution is -0.129. The summed E-state index contributed by atoms with van der Waals surface area (Å²) >= 11 is 0. The highest BCUT2D eigenvalue weighted by molar-refractivity contribution is 5.76. The second kappa shape index (κ2) is 5.32. The predicted molar refractivity (Wildman–Crippen MR) is 70.9 cm³/mol. The minimum atomic E-state index is -0.218. The van der Waals surface area contributed by atoms with Gasteiger partial charge in [-0.05, 0) is 43.0 Å². The van der Waals surface area contributed by atoms with Gasteiger partial charge in [0.2, 0.25) is 5.91 Å². The molecule has 1 rings (SSSR count). The largest absolute Gasteiger partial charge is 0.349 e. The molecule has 1 atom stereocenters. The van der Waals surface area contributed by atoms with E-state index in [0.29, 0.717) is 6.42 Å². The van der Waals surface area contributed by atoms with Crippen LogP contribution >= 0.6 is 0 Å². The summed E-state index contributed by atoms with van der Waals surface area (Å²) in [7, 11) is 3.50. The average molecular weight is 234 g/mol. The highest BCUT2D eigenvalue weighted by Crippen LogP contribution is 2.23. The first-order chi connectivity index (χ1) is 7.84. The quantitative estimate of drug-likeness (QED) is 0.870.